The summed E-state index contributed by atoms with van der Waals surface area (Å²) in [7, 11) is 3.05. The molecule has 1 amide bonds. The van der Waals surface area contributed by atoms with E-state index in [0.29, 0.717) is 28.6 Å². The van der Waals surface area contributed by atoms with Crippen LogP contribution in [0.4, 0.5) is 23.2 Å². The number of hydrogen-bond acceptors (Lipinski definition) is 8. The summed E-state index contributed by atoms with van der Waals surface area (Å²) >= 11 is 1.07. The number of rotatable bonds is 10. The average Bonchev–Trinajstić information content (AvgIpc) is 3.41. The Bertz CT molecular complexity index is 1460. The Morgan fingerprint density at radius 2 is 1.79 bits per heavy atom. The van der Waals surface area contributed by atoms with Gasteiger partial charge in [-0.2, -0.15) is 13.2 Å². The van der Waals surface area contributed by atoms with E-state index in [-0.39, 0.29) is 23.4 Å². The van der Waals surface area contributed by atoms with Crippen LogP contribution in [0, 0.1) is 5.82 Å². The van der Waals surface area contributed by atoms with Gasteiger partial charge in [0.25, 0.3) is 0 Å². The Morgan fingerprint density at radius 3 is 2.49 bits per heavy atom. The molecule has 39 heavy (non-hydrogen) atoms. The van der Waals surface area contributed by atoms with Crippen molar-refractivity contribution in [1.82, 2.24) is 14.9 Å². The van der Waals surface area contributed by atoms with E-state index in [1.165, 1.54) is 50.6 Å². The number of alkyl halides is 3. The van der Waals surface area contributed by atoms with Crippen molar-refractivity contribution in [2.75, 3.05) is 19.5 Å². The van der Waals surface area contributed by atoms with E-state index in [2.05, 4.69) is 20.2 Å². The normalized spacial score (nSPS) is 11.3. The molecule has 1 aromatic heterocycles. The number of anilines is 1. The second-order valence-electron chi connectivity index (χ2n) is 8.04. The first-order valence-corrected chi connectivity index (χ1v) is 12.2. The van der Waals surface area contributed by atoms with Crippen LogP contribution in [0.2, 0.25) is 0 Å². The van der Waals surface area contributed by atoms with E-state index >= 15 is 0 Å². The number of hydrogen-bond donors (Lipinski definition) is 2. The number of nitrogens with zero attached hydrogens (tertiary/aromatic N) is 2. The summed E-state index contributed by atoms with van der Waals surface area (Å²) < 4.78 is 71.6. The lowest BCUT2D eigenvalue weighted by molar-refractivity contribution is -0.157. The standard InChI is InChI=1S/C26H22F4N4O4S/c1-36-18-9-7-16(21(13-18)37-2)14-31-39-22-12-17(32-23(35)11-15-5-3-4-6-20(15)27)8-10-19(22)24-33-34-25(38-24)26(28,29)30/h3-10,12-13,31H,11,14H2,1-2H3,(H,32,35). The predicted molar refractivity (Wildman–Crippen MR) is 136 cm³/mol. The summed E-state index contributed by atoms with van der Waals surface area (Å²) in [5.74, 6) is -1.62. The van der Waals surface area contributed by atoms with Crippen molar-refractivity contribution in [1.29, 1.82) is 0 Å². The van der Waals surface area contributed by atoms with Gasteiger partial charge < -0.3 is 19.2 Å². The van der Waals surface area contributed by atoms with E-state index in [1.807, 2.05) is 0 Å². The largest absolute Gasteiger partial charge is 0.497 e. The van der Waals surface area contributed by atoms with E-state index in [1.54, 1.807) is 24.3 Å². The highest BCUT2D eigenvalue weighted by atomic mass is 32.2. The zero-order valence-corrected chi connectivity index (χ0v) is 21.5. The van der Waals surface area contributed by atoms with E-state index in [4.69, 9.17) is 13.9 Å². The first kappa shape index (κ1) is 27.9. The number of carbonyl (C=O) groups excluding carboxylic acids is 1. The molecule has 0 saturated carbocycles. The van der Waals surface area contributed by atoms with E-state index < -0.39 is 23.8 Å². The van der Waals surface area contributed by atoms with Gasteiger partial charge in [0.1, 0.15) is 17.3 Å². The summed E-state index contributed by atoms with van der Waals surface area (Å²) in [6.45, 7) is 0.304. The van der Waals surface area contributed by atoms with Gasteiger partial charge in [0.2, 0.25) is 11.8 Å². The van der Waals surface area contributed by atoms with Crippen LogP contribution in [0.25, 0.3) is 11.5 Å². The van der Waals surface area contributed by atoms with Gasteiger partial charge in [-0.3, -0.25) is 9.52 Å². The van der Waals surface area contributed by atoms with Gasteiger partial charge in [-0.25, -0.2) is 4.39 Å². The van der Waals surface area contributed by atoms with Crippen LogP contribution in [0.1, 0.15) is 17.0 Å². The van der Waals surface area contributed by atoms with Crippen molar-refractivity contribution in [2.24, 2.45) is 0 Å². The van der Waals surface area contributed by atoms with Crippen molar-refractivity contribution in [2.45, 2.75) is 24.0 Å². The van der Waals surface area contributed by atoms with Gasteiger partial charge in [0.15, 0.2) is 0 Å². The lowest BCUT2D eigenvalue weighted by Crippen LogP contribution is -2.15. The first-order chi connectivity index (χ1) is 18.7. The molecule has 13 heteroatoms. The molecule has 0 aliphatic heterocycles. The van der Waals surface area contributed by atoms with Crippen molar-refractivity contribution in [3.05, 3.63) is 83.5 Å². The van der Waals surface area contributed by atoms with Gasteiger partial charge in [-0.15, -0.1) is 10.2 Å². The lowest BCUT2D eigenvalue weighted by atomic mass is 10.1. The third kappa shape index (κ3) is 7.06. The maximum Gasteiger partial charge on any atom is 0.470 e. The van der Waals surface area contributed by atoms with Crippen molar-refractivity contribution >= 4 is 23.5 Å². The monoisotopic (exact) mass is 562 g/mol. The molecule has 3 aromatic carbocycles. The van der Waals surface area contributed by atoms with E-state index in [0.717, 1.165) is 17.5 Å². The molecular formula is C26H22F4N4O4S. The summed E-state index contributed by atoms with van der Waals surface area (Å²) in [6.07, 6.45) is -5.01. The number of nitrogens with one attached hydrogen (secondary N) is 2. The van der Waals surface area contributed by atoms with E-state index in [9.17, 15) is 22.4 Å². The minimum Gasteiger partial charge on any atom is -0.497 e. The molecule has 0 aliphatic rings. The third-order valence-corrected chi connectivity index (χ3v) is 6.26. The molecule has 2 N–H and O–H groups in total. The molecule has 0 spiro atoms. The summed E-state index contributed by atoms with van der Waals surface area (Å²) in [6, 6.07) is 15.7. The van der Waals surface area contributed by atoms with Crippen molar-refractivity contribution in [3.8, 4) is 23.0 Å². The molecule has 0 aliphatic carbocycles. The third-order valence-electron chi connectivity index (χ3n) is 5.41. The number of carbonyl (C=O) groups is 1. The number of aromatic nitrogens is 2. The smallest absolute Gasteiger partial charge is 0.470 e. The molecule has 0 saturated heterocycles. The molecule has 0 fully saturated rings. The molecule has 204 valence electrons. The molecule has 4 rings (SSSR count). The van der Waals surface area contributed by atoms with Crippen LogP contribution in [-0.4, -0.2) is 30.3 Å². The SMILES string of the molecule is COc1ccc(CNSc2cc(NC(=O)Cc3ccccc3F)ccc2-c2nnc(C(F)(F)F)o2)c(OC)c1. The lowest BCUT2D eigenvalue weighted by Gasteiger charge is -2.13. The van der Waals surface area contributed by atoms with Crippen LogP contribution in [0.3, 0.4) is 0 Å². The molecule has 8 nitrogen and oxygen atoms in total. The number of ether oxygens (including phenoxy) is 2. The molecule has 1 heterocycles. The Hall–Kier alpha value is -4.10. The average molecular weight is 563 g/mol. The maximum atomic E-state index is 13.9. The number of amides is 1. The van der Waals surface area contributed by atoms with Crippen LogP contribution < -0.4 is 19.5 Å². The molecule has 0 radical (unpaired) electrons. The van der Waals surface area contributed by atoms with Gasteiger partial charge in [-0.1, -0.05) is 24.3 Å². The van der Waals surface area contributed by atoms with Crippen LogP contribution >= 0.6 is 11.9 Å². The molecule has 0 bridgehead atoms. The molecule has 4 aromatic rings. The Morgan fingerprint density at radius 1 is 1.00 bits per heavy atom. The van der Waals surface area contributed by atoms with Gasteiger partial charge in [0.05, 0.1) is 26.2 Å². The van der Waals surface area contributed by atoms with Crippen molar-refractivity contribution < 1.29 is 36.2 Å². The minimum atomic E-state index is -4.80. The van der Waals surface area contributed by atoms with Crippen LogP contribution in [0.5, 0.6) is 11.5 Å². The van der Waals surface area contributed by atoms with Gasteiger partial charge >= 0.3 is 12.1 Å². The second kappa shape index (κ2) is 12.2. The summed E-state index contributed by atoms with van der Waals surface area (Å²) in [5.41, 5.74) is 1.56. The second-order valence-corrected chi connectivity index (χ2v) is 8.97. The zero-order chi connectivity index (χ0) is 28.0. The van der Waals surface area contributed by atoms with Crippen LogP contribution in [0.15, 0.2) is 70.0 Å². The number of methoxy groups -OCH3 is 2. The van der Waals surface area contributed by atoms with Crippen molar-refractivity contribution in [3.63, 3.8) is 0 Å². The fraction of sp³-hybridized carbons (Fsp3) is 0.192. The Labute approximate surface area is 224 Å². The molecule has 0 atom stereocenters. The maximum absolute atomic E-state index is 13.9. The number of halogens is 4. The quantitative estimate of drug-likeness (QED) is 0.182. The topological polar surface area (TPSA) is 98.5 Å². The first-order valence-electron chi connectivity index (χ1n) is 11.4. The highest BCUT2D eigenvalue weighted by molar-refractivity contribution is 7.97. The minimum absolute atomic E-state index is 0.203. The molecule has 0 unspecified atom stereocenters. The molecular weight excluding hydrogens is 540 g/mol. The fourth-order valence-corrected chi connectivity index (χ4v) is 4.35. The fourth-order valence-electron chi connectivity index (χ4n) is 3.52. The predicted octanol–water partition coefficient (Wildman–Crippen LogP) is 5.89. The highest BCUT2D eigenvalue weighted by Crippen LogP contribution is 2.35. The number of benzene rings is 3. The summed E-state index contributed by atoms with van der Waals surface area (Å²) in [5, 5.41) is 9.31. The van der Waals surface area contributed by atoms with Crippen LogP contribution in [-0.2, 0) is 23.9 Å². The Balaban J connectivity index is 1.56. The zero-order valence-electron chi connectivity index (χ0n) is 20.6. The summed E-state index contributed by atoms with van der Waals surface area (Å²) in [4.78, 5) is 12.9. The van der Waals surface area contributed by atoms with Gasteiger partial charge in [-0.05, 0) is 47.8 Å². The van der Waals surface area contributed by atoms with Gasteiger partial charge in [0, 0.05) is 28.8 Å². The Kier molecular flexibility index (Phi) is 8.72. The highest BCUT2D eigenvalue weighted by Gasteiger charge is 2.38.